The van der Waals surface area contributed by atoms with Crippen molar-refractivity contribution in [2.75, 3.05) is 27.9 Å². The van der Waals surface area contributed by atoms with Crippen LogP contribution in [0.15, 0.2) is 23.8 Å². The minimum atomic E-state index is -0.781. The summed E-state index contributed by atoms with van der Waals surface area (Å²) in [5.41, 5.74) is 0.288. The average molecular weight is 348 g/mol. The molecule has 0 aliphatic carbocycles. The quantitative estimate of drug-likeness (QED) is 0.464. The van der Waals surface area contributed by atoms with E-state index in [1.807, 2.05) is 0 Å². The number of likely N-dealkylation sites (N-methyl/N-ethyl adjacent to an activating group) is 1. The lowest BCUT2D eigenvalue weighted by Crippen LogP contribution is -2.52. The summed E-state index contributed by atoms with van der Waals surface area (Å²) < 4.78 is 14.9. The number of amides is 4. The molecule has 1 aromatic carbocycles. The Kier molecular flexibility index (Phi) is 5.38. The molecule has 4 amide bonds. The number of carbonyl (C=O) groups excluding carboxylic acids is 4. The highest BCUT2D eigenvalue weighted by Gasteiger charge is 2.33. The molecule has 132 valence electrons. The van der Waals surface area contributed by atoms with Gasteiger partial charge >= 0.3 is 12.0 Å². The van der Waals surface area contributed by atoms with Crippen LogP contribution in [0.5, 0.6) is 11.5 Å². The van der Waals surface area contributed by atoms with E-state index in [9.17, 15) is 19.2 Å². The smallest absolute Gasteiger partial charge is 0.343 e. The highest BCUT2D eigenvalue weighted by Crippen LogP contribution is 2.29. The van der Waals surface area contributed by atoms with Gasteiger partial charge in [-0.2, -0.15) is 0 Å². The van der Waals surface area contributed by atoms with Crippen LogP contribution in [-0.4, -0.2) is 56.6 Å². The van der Waals surface area contributed by atoms with Gasteiger partial charge in [0.15, 0.2) is 18.1 Å². The summed E-state index contributed by atoms with van der Waals surface area (Å²) in [4.78, 5) is 47.2. The van der Waals surface area contributed by atoms with E-state index in [-0.39, 0.29) is 12.2 Å². The fourth-order valence-electron chi connectivity index (χ4n) is 2.00. The molecule has 9 nitrogen and oxygen atoms in total. The Hall–Kier alpha value is -3.36. The molecule has 2 rings (SSSR count). The highest BCUT2D eigenvalue weighted by molar-refractivity contribution is 6.30. The minimum Gasteiger partial charge on any atom is -0.493 e. The maximum absolute atomic E-state index is 12.1. The van der Waals surface area contributed by atoms with Crippen molar-refractivity contribution in [3.8, 4) is 11.5 Å². The topological polar surface area (TPSA) is 111 Å². The van der Waals surface area contributed by atoms with Gasteiger partial charge < -0.3 is 14.2 Å². The lowest BCUT2D eigenvalue weighted by atomic mass is 10.1. The van der Waals surface area contributed by atoms with Gasteiger partial charge in [-0.05, 0) is 23.8 Å². The number of ether oxygens (including phenoxy) is 3. The van der Waals surface area contributed by atoms with Gasteiger partial charge in [0, 0.05) is 7.05 Å². The molecule has 0 aromatic heterocycles. The number of benzene rings is 1. The molecule has 25 heavy (non-hydrogen) atoms. The molecular formula is C16H16N2O7. The first kappa shape index (κ1) is 18.0. The number of nitrogens with one attached hydrogen (secondary N) is 1. The third kappa shape index (κ3) is 3.94. The number of nitrogens with zero attached hydrogens (tertiary/aromatic N) is 1. The number of esters is 1. The van der Waals surface area contributed by atoms with E-state index in [1.54, 1.807) is 6.07 Å². The van der Waals surface area contributed by atoms with Crippen molar-refractivity contribution in [1.29, 1.82) is 0 Å². The fourth-order valence-corrected chi connectivity index (χ4v) is 2.00. The summed E-state index contributed by atoms with van der Waals surface area (Å²) in [5.74, 6) is -1.45. The number of imide groups is 2. The first-order valence-corrected chi connectivity index (χ1v) is 7.10. The normalized spacial score (nSPS) is 15.9. The largest absolute Gasteiger partial charge is 0.493 e. The molecule has 1 aliphatic heterocycles. The summed E-state index contributed by atoms with van der Waals surface area (Å²) in [6, 6.07) is 3.83. The van der Waals surface area contributed by atoms with Gasteiger partial charge in [0.1, 0.15) is 5.57 Å². The van der Waals surface area contributed by atoms with E-state index < -0.39 is 23.8 Å². The molecule has 0 atom stereocenters. The van der Waals surface area contributed by atoms with E-state index in [0.29, 0.717) is 17.1 Å². The summed E-state index contributed by atoms with van der Waals surface area (Å²) in [7, 11) is 3.91. The average Bonchev–Trinajstić information content (AvgIpc) is 2.61. The highest BCUT2D eigenvalue weighted by atomic mass is 16.6. The molecular weight excluding hydrogens is 332 g/mol. The zero-order valence-corrected chi connectivity index (χ0v) is 13.8. The number of hydrogen-bond donors (Lipinski definition) is 1. The Morgan fingerprint density at radius 2 is 1.92 bits per heavy atom. The Morgan fingerprint density at radius 3 is 2.56 bits per heavy atom. The van der Waals surface area contributed by atoms with Crippen LogP contribution in [0.25, 0.3) is 6.08 Å². The molecule has 0 saturated carbocycles. The second kappa shape index (κ2) is 7.47. The van der Waals surface area contributed by atoms with Crippen molar-refractivity contribution in [3.05, 3.63) is 29.3 Å². The van der Waals surface area contributed by atoms with Crippen molar-refractivity contribution < 1.29 is 33.4 Å². The minimum absolute atomic E-state index is 0.188. The van der Waals surface area contributed by atoms with Crippen molar-refractivity contribution in [3.63, 3.8) is 0 Å². The lowest BCUT2D eigenvalue weighted by Gasteiger charge is -2.22. The zero-order chi connectivity index (χ0) is 18.6. The third-order valence-electron chi connectivity index (χ3n) is 3.38. The first-order chi connectivity index (χ1) is 11.9. The zero-order valence-electron chi connectivity index (χ0n) is 13.8. The molecule has 1 N–H and O–H groups in total. The summed E-state index contributed by atoms with van der Waals surface area (Å²) in [5, 5.41) is 2.06. The molecule has 1 saturated heterocycles. The van der Waals surface area contributed by atoms with Crippen LogP contribution in [-0.2, 0) is 19.1 Å². The van der Waals surface area contributed by atoms with E-state index in [4.69, 9.17) is 9.47 Å². The Bertz CT molecular complexity index is 770. The predicted molar refractivity (Wildman–Crippen MR) is 84.8 cm³/mol. The summed E-state index contributed by atoms with van der Waals surface area (Å²) >= 11 is 0. The van der Waals surface area contributed by atoms with Crippen LogP contribution < -0.4 is 14.8 Å². The Balaban J connectivity index is 2.28. The first-order valence-electron chi connectivity index (χ1n) is 7.10. The van der Waals surface area contributed by atoms with E-state index in [1.165, 1.54) is 39.5 Å². The number of methoxy groups -OCH3 is 2. The van der Waals surface area contributed by atoms with Crippen LogP contribution in [0.4, 0.5) is 4.79 Å². The third-order valence-corrected chi connectivity index (χ3v) is 3.38. The molecule has 1 fully saturated rings. The molecule has 0 radical (unpaired) electrons. The van der Waals surface area contributed by atoms with Crippen LogP contribution in [0.2, 0.25) is 0 Å². The van der Waals surface area contributed by atoms with Gasteiger partial charge in [-0.3, -0.25) is 19.8 Å². The predicted octanol–water partition coefficient (Wildman–Crippen LogP) is 0.339. The fraction of sp³-hybridized carbons (Fsp3) is 0.250. The van der Waals surface area contributed by atoms with Crippen molar-refractivity contribution >= 4 is 29.9 Å². The van der Waals surface area contributed by atoms with Crippen molar-refractivity contribution in [2.24, 2.45) is 0 Å². The van der Waals surface area contributed by atoms with E-state index in [2.05, 4.69) is 10.1 Å². The number of hydrogen-bond acceptors (Lipinski definition) is 7. The van der Waals surface area contributed by atoms with E-state index in [0.717, 1.165) is 4.90 Å². The molecule has 0 spiro atoms. The van der Waals surface area contributed by atoms with Gasteiger partial charge in [0.2, 0.25) is 0 Å². The SMILES string of the molecule is COC(=O)COc1ccc(/C=C2\C(=O)NC(=O)N(C)C2=O)cc1OC. The molecule has 1 aromatic rings. The molecule has 9 heteroatoms. The molecule has 0 bridgehead atoms. The van der Waals surface area contributed by atoms with Crippen LogP contribution in [0.1, 0.15) is 5.56 Å². The van der Waals surface area contributed by atoms with Gasteiger partial charge in [0.25, 0.3) is 11.8 Å². The summed E-state index contributed by atoms with van der Waals surface area (Å²) in [6.45, 7) is -0.291. The van der Waals surface area contributed by atoms with Crippen molar-refractivity contribution in [1.82, 2.24) is 10.2 Å². The number of carbonyl (C=O) groups is 4. The summed E-state index contributed by atoms with van der Waals surface area (Å²) in [6.07, 6.45) is 1.33. The van der Waals surface area contributed by atoms with Crippen LogP contribution in [0, 0.1) is 0 Å². The van der Waals surface area contributed by atoms with Crippen molar-refractivity contribution in [2.45, 2.75) is 0 Å². The molecule has 1 heterocycles. The van der Waals surface area contributed by atoms with Gasteiger partial charge in [-0.1, -0.05) is 6.07 Å². The molecule has 1 aliphatic rings. The van der Waals surface area contributed by atoms with Gasteiger partial charge in [-0.15, -0.1) is 0 Å². The Morgan fingerprint density at radius 1 is 1.20 bits per heavy atom. The Labute approximate surface area is 143 Å². The number of urea groups is 1. The van der Waals surface area contributed by atoms with Crippen LogP contribution >= 0.6 is 0 Å². The number of rotatable bonds is 5. The monoisotopic (exact) mass is 348 g/mol. The molecule has 0 unspecified atom stereocenters. The maximum atomic E-state index is 12.1. The lowest BCUT2D eigenvalue weighted by molar-refractivity contribution is -0.143. The van der Waals surface area contributed by atoms with E-state index >= 15 is 0 Å². The second-order valence-electron chi connectivity index (χ2n) is 4.96. The second-order valence-corrected chi connectivity index (χ2v) is 4.96. The van der Waals surface area contributed by atoms with Crippen LogP contribution in [0.3, 0.4) is 0 Å². The van der Waals surface area contributed by atoms with Gasteiger partial charge in [0.05, 0.1) is 14.2 Å². The maximum Gasteiger partial charge on any atom is 0.343 e. The standard InChI is InChI=1S/C16H16N2O7/c1-18-15(21)10(14(20)17-16(18)22)6-9-4-5-11(12(7-9)23-2)25-8-13(19)24-3/h4-7H,8H2,1-3H3,(H,17,20,22)/b10-6+. The van der Waals surface area contributed by atoms with Gasteiger partial charge in [-0.25, -0.2) is 9.59 Å². The number of barbiturate groups is 1.